The lowest BCUT2D eigenvalue weighted by Gasteiger charge is -2.17. The van der Waals surface area contributed by atoms with Crippen LogP contribution in [0.15, 0.2) is 0 Å². The second-order valence-corrected chi connectivity index (χ2v) is 7.13. The van der Waals surface area contributed by atoms with Gasteiger partial charge in [-0.15, -0.1) is 0 Å². The van der Waals surface area contributed by atoms with Crippen molar-refractivity contribution in [1.82, 2.24) is 0 Å². The molecule has 2 nitrogen and oxygen atoms in total. The first-order chi connectivity index (χ1) is 7.52. The maximum atomic E-state index is 11.7. The summed E-state index contributed by atoms with van der Waals surface area (Å²) in [6.45, 7) is 12.2. The number of hydrogen-bond acceptors (Lipinski definition) is 2. The Kier molecular flexibility index (Phi) is 6.08. The molecular formula is C15H28O2. The van der Waals surface area contributed by atoms with Gasteiger partial charge in [0.25, 0.3) is 0 Å². The SMILES string of the molecule is CC(C)(C)CCC(=O)CCCC(=O)C(C)(C)C. The van der Waals surface area contributed by atoms with Gasteiger partial charge in [0, 0.05) is 24.7 Å². The smallest absolute Gasteiger partial charge is 0.138 e. The molecule has 0 amide bonds. The lowest BCUT2D eigenvalue weighted by atomic mass is 9.86. The topological polar surface area (TPSA) is 34.1 Å². The zero-order chi connectivity index (χ0) is 13.7. The summed E-state index contributed by atoms with van der Waals surface area (Å²) in [7, 11) is 0. The molecule has 0 aliphatic rings. The molecule has 0 saturated carbocycles. The Bertz CT molecular complexity index is 264. The third-order valence-corrected chi connectivity index (χ3v) is 2.85. The average Bonchev–Trinajstić information content (AvgIpc) is 2.12. The van der Waals surface area contributed by atoms with Crippen LogP contribution in [0, 0.1) is 10.8 Å². The first-order valence-corrected chi connectivity index (χ1v) is 6.57. The van der Waals surface area contributed by atoms with Gasteiger partial charge in [0.1, 0.15) is 11.6 Å². The molecule has 2 heteroatoms. The molecule has 0 aromatic heterocycles. The van der Waals surface area contributed by atoms with Crippen molar-refractivity contribution in [1.29, 1.82) is 0 Å². The van der Waals surface area contributed by atoms with Crippen LogP contribution in [0.4, 0.5) is 0 Å². The summed E-state index contributed by atoms with van der Waals surface area (Å²) in [5.74, 6) is 0.544. The predicted molar refractivity (Wildman–Crippen MR) is 72.0 cm³/mol. The van der Waals surface area contributed by atoms with Gasteiger partial charge in [-0.3, -0.25) is 9.59 Å². The number of carbonyl (C=O) groups is 2. The van der Waals surface area contributed by atoms with Crippen LogP contribution in [0.25, 0.3) is 0 Å². The highest BCUT2D eigenvalue weighted by Gasteiger charge is 2.20. The fourth-order valence-corrected chi connectivity index (χ4v) is 1.46. The fraction of sp³-hybridized carbons (Fsp3) is 0.867. The second kappa shape index (κ2) is 6.32. The number of Topliss-reactive ketones (excluding diaryl/α,β-unsaturated/α-hetero) is 2. The van der Waals surface area contributed by atoms with E-state index in [1.807, 2.05) is 20.8 Å². The van der Waals surface area contributed by atoms with Crippen LogP contribution in [0.2, 0.25) is 0 Å². The third-order valence-electron chi connectivity index (χ3n) is 2.85. The van der Waals surface area contributed by atoms with Crippen molar-refractivity contribution in [2.24, 2.45) is 10.8 Å². The van der Waals surface area contributed by atoms with Crippen LogP contribution in [-0.2, 0) is 9.59 Å². The molecule has 0 saturated heterocycles. The van der Waals surface area contributed by atoms with Gasteiger partial charge in [0.2, 0.25) is 0 Å². The van der Waals surface area contributed by atoms with E-state index in [0.29, 0.717) is 31.5 Å². The molecule has 0 aliphatic heterocycles. The minimum atomic E-state index is -0.269. The molecule has 0 radical (unpaired) electrons. The summed E-state index contributed by atoms with van der Waals surface area (Å²) < 4.78 is 0. The van der Waals surface area contributed by atoms with Crippen LogP contribution in [0.1, 0.15) is 73.6 Å². The molecule has 100 valence electrons. The quantitative estimate of drug-likeness (QED) is 0.698. The zero-order valence-electron chi connectivity index (χ0n) is 12.4. The van der Waals surface area contributed by atoms with E-state index < -0.39 is 0 Å². The van der Waals surface area contributed by atoms with Crippen molar-refractivity contribution < 1.29 is 9.59 Å². The Hall–Kier alpha value is -0.660. The Morgan fingerprint density at radius 1 is 0.824 bits per heavy atom. The molecule has 0 aromatic rings. The Labute approximate surface area is 106 Å². The summed E-state index contributed by atoms with van der Waals surface area (Å²) >= 11 is 0. The summed E-state index contributed by atoms with van der Waals surface area (Å²) in [6, 6.07) is 0. The van der Waals surface area contributed by atoms with E-state index in [9.17, 15) is 9.59 Å². The zero-order valence-corrected chi connectivity index (χ0v) is 12.4. The molecule has 17 heavy (non-hydrogen) atoms. The van der Waals surface area contributed by atoms with E-state index in [2.05, 4.69) is 20.8 Å². The molecule has 0 bridgehead atoms. The highest BCUT2D eigenvalue weighted by molar-refractivity contribution is 5.84. The van der Waals surface area contributed by atoms with Gasteiger partial charge in [-0.05, 0) is 18.3 Å². The molecule has 0 unspecified atom stereocenters. The van der Waals surface area contributed by atoms with Gasteiger partial charge in [-0.1, -0.05) is 41.5 Å². The molecule has 0 aliphatic carbocycles. The molecule has 0 atom stereocenters. The van der Waals surface area contributed by atoms with Crippen molar-refractivity contribution in [2.45, 2.75) is 73.6 Å². The monoisotopic (exact) mass is 240 g/mol. The molecule has 0 rings (SSSR count). The third kappa shape index (κ3) is 9.08. The van der Waals surface area contributed by atoms with Crippen molar-refractivity contribution in [2.75, 3.05) is 0 Å². The average molecular weight is 240 g/mol. The van der Waals surface area contributed by atoms with E-state index in [0.717, 1.165) is 6.42 Å². The van der Waals surface area contributed by atoms with Crippen LogP contribution in [-0.4, -0.2) is 11.6 Å². The standard InChI is InChI=1S/C15H28O2/c1-14(2,3)11-10-12(16)8-7-9-13(17)15(4,5)6/h7-11H2,1-6H3. The highest BCUT2D eigenvalue weighted by atomic mass is 16.1. The molecule has 0 fully saturated rings. The Balaban J connectivity index is 3.77. The summed E-state index contributed by atoms with van der Waals surface area (Å²) in [4.78, 5) is 23.3. The maximum Gasteiger partial charge on any atom is 0.138 e. The summed E-state index contributed by atoms with van der Waals surface area (Å²) in [6.07, 6.45) is 3.37. The normalized spacial score (nSPS) is 12.6. The van der Waals surface area contributed by atoms with E-state index in [1.54, 1.807) is 0 Å². The number of rotatable bonds is 6. The lowest BCUT2D eigenvalue weighted by molar-refractivity contribution is -0.126. The van der Waals surface area contributed by atoms with Crippen molar-refractivity contribution in [3.05, 3.63) is 0 Å². The number of ketones is 2. The van der Waals surface area contributed by atoms with E-state index >= 15 is 0 Å². The highest BCUT2D eigenvalue weighted by Crippen LogP contribution is 2.22. The summed E-state index contributed by atoms with van der Waals surface area (Å²) in [5.41, 5.74) is -0.0503. The molecule has 0 heterocycles. The van der Waals surface area contributed by atoms with E-state index in [1.165, 1.54) is 0 Å². The lowest BCUT2D eigenvalue weighted by Crippen LogP contribution is -2.20. The van der Waals surface area contributed by atoms with Crippen LogP contribution in [0.3, 0.4) is 0 Å². The van der Waals surface area contributed by atoms with E-state index in [-0.39, 0.29) is 16.6 Å². The van der Waals surface area contributed by atoms with Crippen molar-refractivity contribution in [3.63, 3.8) is 0 Å². The van der Waals surface area contributed by atoms with Gasteiger partial charge >= 0.3 is 0 Å². The number of carbonyl (C=O) groups excluding carboxylic acids is 2. The van der Waals surface area contributed by atoms with Crippen LogP contribution in [0.5, 0.6) is 0 Å². The van der Waals surface area contributed by atoms with Crippen molar-refractivity contribution in [3.8, 4) is 0 Å². The van der Waals surface area contributed by atoms with Gasteiger partial charge in [-0.25, -0.2) is 0 Å². The fourth-order valence-electron chi connectivity index (χ4n) is 1.46. The predicted octanol–water partition coefficient (Wildman–Crippen LogP) is 4.17. The Morgan fingerprint density at radius 2 is 1.35 bits per heavy atom. The molecule has 0 aromatic carbocycles. The Morgan fingerprint density at radius 3 is 1.76 bits per heavy atom. The van der Waals surface area contributed by atoms with Crippen LogP contribution < -0.4 is 0 Å². The van der Waals surface area contributed by atoms with Crippen molar-refractivity contribution >= 4 is 11.6 Å². The van der Waals surface area contributed by atoms with Gasteiger partial charge < -0.3 is 0 Å². The second-order valence-electron chi connectivity index (χ2n) is 7.13. The van der Waals surface area contributed by atoms with E-state index in [4.69, 9.17) is 0 Å². The van der Waals surface area contributed by atoms with Gasteiger partial charge in [0.15, 0.2) is 0 Å². The van der Waals surface area contributed by atoms with Crippen LogP contribution >= 0.6 is 0 Å². The van der Waals surface area contributed by atoms with Gasteiger partial charge in [0.05, 0.1) is 0 Å². The van der Waals surface area contributed by atoms with Gasteiger partial charge in [-0.2, -0.15) is 0 Å². The molecule has 0 spiro atoms. The number of hydrogen-bond donors (Lipinski definition) is 0. The minimum Gasteiger partial charge on any atom is -0.300 e. The largest absolute Gasteiger partial charge is 0.300 e. The molecule has 0 N–H and O–H groups in total. The first kappa shape index (κ1) is 16.3. The molecular weight excluding hydrogens is 212 g/mol. The first-order valence-electron chi connectivity index (χ1n) is 6.57. The minimum absolute atomic E-state index is 0.219. The maximum absolute atomic E-state index is 11.7. The summed E-state index contributed by atoms with van der Waals surface area (Å²) in [5, 5.41) is 0.